The number of hydrogen-bond acceptors (Lipinski definition) is 6. The number of anilines is 1. The second-order valence-corrected chi connectivity index (χ2v) is 9.04. The first kappa shape index (κ1) is 24.4. The molecule has 0 aliphatic carbocycles. The van der Waals surface area contributed by atoms with E-state index in [1.165, 1.54) is 23.5 Å². The third-order valence-electron chi connectivity index (χ3n) is 5.52. The number of nitrogens with one attached hydrogen (secondary N) is 2. The van der Waals surface area contributed by atoms with Gasteiger partial charge in [0.15, 0.2) is 0 Å². The number of ether oxygens (including phenoxy) is 1. The number of aliphatic hydroxyl groups is 1. The van der Waals surface area contributed by atoms with Crippen LogP contribution in [0.5, 0.6) is 5.75 Å². The van der Waals surface area contributed by atoms with Crippen LogP contribution in [0.25, 0.3) is 0 Å². The van der Waals surface area contributed by atoms with Crippen molar-refractivity contribution in [1.29, 1.82) is 0 Å². The molecule has 1 aliphatic rings. The molecule has 0 radical (unpaired) electrons. The number of carbonyl (C=O) groups excluding carboxylic acids is 3. The van der Waals surface area contributed by atoms with Crippen molar-refractivity contribution < 1.29 is 28.6 Å². The van der Waals surface area contributed by atoms with Crippen LogP contribution in [-0.4, -0.2) is 47.1 Å². The number of benzene rings is 2. The number of imide groups is 1. The first-order valence-electron chi connectivity index (χ1n) is 10.9. The minimum absolute atomic E-state index is 0.0288. The number of thiophene rings is 1. The molecule has 3 N–H and O–H groups in total. The number of urea groups is 1. The molecule has 1 saturated heterocycles. The average molecular weight is 498 g/mol. The van der Waals surface area contributed by atoms with Gasteiger partial charge in [-0.05, 0) is 53.8 Å². The van der Waals surface area contributed by atoms with E-state index in [2.05, 4.69) is 10.6 Å². The van der Waals surface area contributed by atoms with Crippen molar-refractivity contribution in [2.45, 2.75) is 25.4 Å². The maximum absolute atomic E-state index is 14.4. The highest BCUT2D eigenvalue weighted by Gasteiger charge is 2.45. The van der Waals surface area contributed by atoms with Gasteiger partial charge in [-0.25, -0.2) is 14.1 Å². The Bertz CT molecular complexity index is 1220. The molecule has 2 atom stereocenters. The van der Waals surface area contributed by atoms with Gasteiger partial charge in [-0.1, -0.05) is 24.3 Å². The van der Waals surface area contributed by atoms with Gasteiger partial charge in [0.2, 0.25) is 5.91 Å². The Morgan fingerprint density at radius 3 is 2.66 bits per heavy atom. The maximum Gasteiger partial charge on any atom is 0.325 e. The minimum Gasteiger partial charge on any atom is -0.491 e. The van der Waals surface area contributed by atoms with E-state index in [1.54, 1.807) is 43.3 Å². The lowest BCUT2D eigenvalue weighted by Crippen LogP contribution is -2.49. The molecule has 8 nitrogen and oxygen atoms in total. The van der Waals surface area contributed by atoms with Crippen LogP contribution < -0.4 is 15.4 Å². The number of nitrogens with zero attached hydrogens (tertiary/aromatic N) is 1. The van der Waals surface area contributed by atoms with Crippen LogP contribution in [0.2, 0.25) is 0 Å². The number of aryl methyl sites for hydroxylation is 1. The lowest BCUT2D eigenvalue weighted by Gasteiger charge is -2.24. The summed E-state index contributed by atoms with van der Waals surface area (Å²) in [5.74, 6) is -1.35. The molecule has 10 heteroatoms. The van der Waals surface area contributed by atoms with Crippen LogP contribution in [-0.2, 0) is 16.0 Å². The number of hydrogen-bond donors (Lipinski definition) is 3. The van der Waals surface area contributed by atoms with E-state index in [0.717, 1.165) is 9.78 Å². The summed E-state index contributed by atoms with van der Waals surface area (Å²) in [6, 6.07) is 11.7. The Kier molecular flexibility index (Phi) is 7.42. The quantitative estimate of drug-likeness (QED) is 0.393. The van der Waals surface area contributed by atoms with Gasteiger partial charge >= 0.3 is 6.03 Å². The zero-order valence-electron chi connectivity index (χ0n) is 18.9. The van der Waals surface area contributed by atoms with Crippen LogP contribution in [0.15, 0.2) is 60.0 Å². The third kappa shape index (κ3) is 5.50. The van der Waals surface area contributed by atoms with Gasteiger partial charge < -0.3 is 20.5 Å². The Labute approximate surface area is 205 Å². The van der Waals surface area contributed by atoms with E-state index in [0.29, 0.717) is 16.9 Å². The van der Waals surface area contributed by atoms with Gasteiger partial charge in [-0.2, -0.15) is 0 Å². The predicted octanol–water partition coefficient (Wildman–Crippen LogP) is 3.41. The first-order chi connectivity index (χ1) is 16.9. The van der Waals surface area contributed by atoms with E-state index >= 15 is 0 Å². The molecular formula is C25H24FN3O5S. The van der Waals surface area contributed by atoms with Crippen LogP contribution in [0.3, 0.4) is 0 Å². The number of rotatable bonds is 9. The van der Waals surface area contributed by atoms with Gasteiger partial charge in [0.05, 0.1) is 12.3 Å². The monoisotopic (exact) mass is 497 g/mol. The van der Waals surface area contributed by atoms with E-state index in [4.69, 9.17) is 9.84 Å². The molecule has 1 aromatic heterocycles. The van der Waals surface area contributed by atoms with Gasteiger partial charge in [-0.15, -0.1) is 11.3 Å². The van der Waals surface area contributed by atoms with Crippen molar-refractivity contribution in [3.8, 4) is 5.75 Å². The lowest BCUT2D eigenvalue weighted by molar-refractivity contribution is -0.134. The summed E-state index contributed by atoms with van der Waals surface area (Å²) >= 11 is 1.39. The van der Waals surface area contributed by atoms with Crippen molar-refractivity contribution in [3.05, 3.63) is 81.8 Å². The molecule has 0 bridgehead atoms. The topological polar surface area (TPSA) is 108 Å². The molecule has 0 saturated carbocycles. The molecule has 4 amide bonds. The fourth-order valence-corrected chi connectivity index (χ4v) is 4.54. The number of aliphatic hydroxyl groups excluding tert-OH is 1. The smallest absolute Gasteiger partial charge is 0.325 e. The normalized spacial score (nSPS) is 16.2. The fourth-order valence-electron chi connectivity index (χ4n) is 3.79. The molecule has 1 unspecified atom stereocenters. The predicted molar refractivity (Wildman–Crippen MR) is 129 cm³/mol. The molecule has 1 fully saturated rings. The SMILES string of the molecule is Cc1ccc(NC(=O)C(Cc2cccs2)N2C(=O)N[C@H](c3ccc(OCCO)cc3)C2=O)c(F)c1. The minimum atomic E-state index is -1.18. The summed E-state index contributed by atoms with van der Waals surface area (Å²) in [5.41, 5.74) is 1.18. The van der Waals surface area contributed by atoms with E-state index in [1.807, 2.05) is 11.4 Å². The second kappa shape index (κ2) is 10.7. The van der Waals surface area contributed by atoms with Crippen LogP contribution >= 0.6 is 11.3 Å². The average Bonchev–Trinajstić information content (AvgIpc) is 3.46. The van der Waals surface area contributed by atoms with Crippen LogP contribution in [0, 0.1) is 12.7 Å². The zero-order valence-corrected chi connectivity index (χ0v) is 19.7. The van der Waals surface area contributed by atoms with Crippen LogP contribution in [0.1, 0.15) is 22.0 Å². The highest BCUT2D eigenvalue weighted by Crippen LogP contribution is 2.28. The molecule has 4 rings (SSSR count). The highest BCUT2D eigenvalue weighted by molar-refractivity contribution is 7.09. The molecule has 2 heterocycles. The summed E-state index contributed by atoms with van der Waals surface area (Å²) in [6.07, 6.45) is 0.0940. The van der Waals surface area contributed by atoms with Gasteiger partial charge in [-0.3, -0.25) is 9.59 Å². The lowest BCUT2D eigenvalue weighted by atomic mass is 10.1. The van der Waals surface area contributed by atoms with Crippen molar-refractivity contribution in [3.63, 3.8) is 0 Å². The van der Waals surface area contributed by atoms with E-state index in [-0.39, 0.29) is 25.3 Å². The Hall–Kier alpha value is -3.76. The van der Waals surface area contributed by atoms with Crippen molar-refractivity contribution in [1.82, 2.24) is 10.2 Å². The molecule has 0 spiro atoms. The number of carbonyl (C=O) groups is 3. The van der Waals surface area contributed by atoms with Crippen LogP contribution in [0.4, 0.5) is 14.9 Å². The van der Waals surface area contributed by atoms with Gasteiger partial charge in [0.1, 0.15) is 30.3 Å². The summed E-state index contributed by atoms with van der Waals surface area (Å²) < 4.78 is 19.7. The zero-order chi connectivity index (χ0) is 24.9. The Morgan fingerprint density at radius 2 is 2.00 bits per heavy atom. The number of amides is 4. The fraction of sp³-hybridized carbons (Fsp3) is 0.240. The second-order valence-electron chi connectivity index (χ2n) is 8.00. The standard InChI is InChI=1S/C25H24FN3O5S/c1-15-4-9-20(19(26)13-15)27-23(31)21(14-18-3-2-12-35-18)29-24(32)22(28-25(29)33)16-5-7-17(8-6-16)34-11-10-30/h2-9,12-13,21-22,30H,10-11,14H2,1H3,(H,27,31)(H,28,33)/t21?,22-/m1/s1. The van der Waals surface area contributed by atoms with Gasteiger partial charge in [0, 0.05) is 11.3 Å². The summed E-state index contributed by atoms with van der Waals surface area (Å²) in [4.78, 5) is 41.2. The highest BCUT2D eigenvalue weighted by atomic mass is 32.1. The summed E-state index contributed by atoms with van der Waals surface area (Å²) in [5, 5.41) is 15.9. The molecule has 35 heavy (non-hydrogen) atoms. The van der Waals surface area contributed by atoms with Crippen molar-refractivity contribution >= 4 is 34.9 Å². The van der Waals surface area contributed by atoms with Gasteiger partial charge in [0.25, 0.3) is 5.91 Å². The molecule has 1 aliphatic heterocycles. The largest absolute Gasteiger partial charge is 0.491 e. The first-order valence-corrected chi connectivity index (χ1v) is 11.8. The number of halogens is 1. The molecule has 3 aromatic rings. The Balaban J connectivity index is 1.58. The molecule has 182 valence electrons. The summed E-state index contributed by atoms with van der Waals surface area (Å²) in [7, 11) is 0. The maximum atomic E-state index is 14.4. The molecular weight excluding hydrogens is 473 g/mol. The van der Waals surface area contributed by atoms with Crippen molar-refractivity contribution in [2.75, 3.05) is 18.5 Å². The van der Waals surface area contributed by atoms with E-state index < -0.39 is 35.7 Å². The van der Waals surface area contributed by atoms with Crippen molar-refractivity contribution in [2.24, 2.45) is 0 Å². The molecule has 2 aromatic carbocycles. The summed E-state index contributed by atoms with van der Waals surface area (Å²) in [6.45, 7) is 1.73. The van der Waals surface area contributed by atoms with E-state index in [9.17, 15) is 18.8 Å². The Morgan fingerprint density at radius 1 is 1.23 bits per heavy atom. The third-order valence-corrected chi connectivity index (χ3v) is 6.41.